The second-order valence-corrected chi connectivity index (χ2v) is 6.87. The van der Waals surface area contributed by atoms with E-state index in [4.69, 9.17) is 11.6 Å². The standard InChI is InChI=1S/C17H16ClN3OS/c1-11-2-4-12(5-3-11)15(22)13-6-8-21(9-7-13)17-14(10-19)16(18)20-23-17/h2-5,13H,6-9H2,1H3. The average Bonchev–Trinajstić information content (AvgIpc) is 2.96. The molecule has 0 saturated carbocycles. The topological polar surface area (TPSA) is 57.0 Å². The molecule has 3 rings (SSSR count). The number of Topliss-reactive ketones (excluding diaryl/α,β-unsaturated/α-hetero) is 1. The molecule has 1 aliphatic rings. The molecule has 0 unspecified atom stereocenters. The van der Waals surface area contributed by atoms with Gasteiger partial charge >= 0.3 is 0 Å². The van der Waals surface area contributed by atoms with Gasteiger partial charge in [0.15, 0.2) is 10.9 Å². The van der Waals surface area contributed by atoms with Gasteiger partial charge in [0.1, 0.15) is 16.6 Å². The molecule has 1 fully saturated rings. The summed E-state index contributed by atoms with van der Waals surface area (Å²) in [5.41, 5.74) is 2.38. The molecule has 0 N–H and O–H groups in total. The van der Waals surface area contributed by atoms with Crippen LogP contribution in [0, 0.1) is 24.2 Å². The fourth-order valence-electron chi connectivity index (χ4n) is 2.87. The van der Waals surface area contributed by atoms with Gasteiger partial charge in [-0.25, -0.2) is 0 Å². The number of halogens is 1. The lowest BCUT2D eigenvalue weighted by Gasteiger charge is -2.31. The fourth-order valence-corrected chi connectivity index (χ4v) is 3.95. The predicted molar refractivity (Wildman–Crippen MR) is 92.3 cm³/mol. The van der Waals surface area contributed by atoms with Crippen LogP contribution in [0.15, 0.2) is 24.3 Å². The van der Waals surface area contributed by atoms with Gasteiger partial charge in [-0.3, -0.25) is 4.79 Å². The molecule has 1 aromatic carbocycles. The number of nitriles is 1. The number of ketones is 1. The van der Waals surface area contributed by atoms with Crippen LogP contribution in [-0.2, 0) is 0 Å². The first-order valence-corrected chi connectivity index (χ1v) is 8.66. The normalized spacial score (nSPS) is 15.4. The summed E-state index contributed by atoms with van der Waals surface area (Å²) in [5.74, 6) is 0.260. The van der Waals surface area contributed by atoms with Gasteiger partial charge in [0.25, 0.3) is 0 Å². The molecule has 2 aromatic rings. The second kappa shape index (κ2) is 6.69. The lowest BCUT2D eigenvalue weighted by atomic mass is 9.88. The minimum atomic E-state index is 0.0443. The summed E-state index contributed by atoms with van der Waals surface area (Å²) in [6.07, 6.45) is 1.57. The van der Waals surface area contributed by atoms with E-state index in [1.807, 2.05) is 31.2 Å². The first-order valence-electron chi connectivity index (χ1n) is 7.51. The zero-order chi connectivity index (χ0) is 16.4. The molecule has 1 aromatic heterocycles. The summed E-state index contributed by atoms with van der Waals surface area (Å²) >= 11 is 7.18. The summed E-state index contributed by atoms with van der Waals surface area (Å²) in [6, 6.07) is 9.87. The highest BCUT2D eigenvalue weighted by Crippen LogP contribution is 2.34. The molecule has 23 heavy (non-hydrogen) atoms. The Hall–Kier alpha value is -1.90. The molecule has 0 spiro atoms. The highest BCUT2D eigenvalue weighted by Gasteiger charge is 2.28. The van der Waals surface area contributed by atoms with Crippen LogP contribution in [0.2, 0.25) is 5.15 Å². The van der Waals surface area contributed by atoms with Crippen molar-refractivity contribution < 1.29 is 4.79 Å². The molecular formula is C17H16ClN3OS. The quantitative estimate of drug-likeness (QED) is 0.786. The lowest BCUT2D eigenvalue weighted by Crippen LogP contribution is -2.36. The number of carbonyl (C=O) groups excluding carboxylic acids is 1. The molecule has 0 radical (unpaired) electrons. The minimum absolute atomic E-state index is 0.0443. The van der Waals surface area contributed by atoms with Crippen LogP contribution >= 0.6 is 23.1 Å². The van der Waals surface area contributed by atoms with Gasteiger partial charge in [-0.05, 0) is 31.3 Å². The van der Waals surface area contributed by atoms with Crippen LogP contribution in [0.25, 0.3) is 0 Å². The summed E-state index contributed by atoms with van der Waals surface area (Å²) < 4.78 is 4.05. The van der Waals surface area contributed by atoms with E-state index >= 15 is 0 Å². The van der Waals surface area contributed by atoms with Gasteiger partial charge in [0.05, 0.1) is 0 Å². The lowest BCUT2D eigenvalue weighted by molar-refractivity contribution is 0.0900. The van der Waals surface area contributed by atoms with Crippen molar-refractivity contribution in [1.82, 2.24) is 4.37 Å². The highest BCUT2D eigenvalue weighted by molar-refractivity contribution is 7.10. The third-order valence-electron chi connectivity index (χ3n) is 4.23. The van der Waals surface area contributed by atoms with Crippen molar-refractivity contribution in [2.24, 2.45) is 5.92 Å². The maximum atomic E-state index is 12.6. The zero-order valence-electron chi connectivity index (χ0n) is 12.8. The van der Waals surface area contributed by atoms with Crippen LogP contribution < -0.4 is 4.90 Å². The molecule has 1 saturated heterocycles. The first-order chi connectivity index (χ1) is 11.1. The van der Waals surface area contributed by atoms with Crippen LogP contribution in [0.5, 0.6) is 0 Å². The Bertz CT molecular complexity index is 755. The Kier molecular flexibility index (Phi) is 4.65. The van der Waals surface area contributed by atoms with Crippen molar-refractivity contribution in [3.8, 4) is 6.07 Å². The van der Waals surface area contributed by atoms with Crippen LogP contribution in [0.4, 0.5) is 5.00 Å². The van der Waals surface area contributed by atoms with Gasteiger partial charge in [-0.2, -0.15) is 9.64 Å². The number of hydrogen-bond acceptors (Lipinski definition) is 5. The third kappa shape index (κ3) is 3.24. The van der Waals surface area contributed by atoms with Crippen molar-refractivity contribution in [2.45, 2.75) is 19.8 Å². The van der Waals surface area contributed by atoms with Crippen molar-refractivity contribution >= 4 is 33.9 Å². The third-order valence-corrected chi connectivity index (χ3v) is 5.52. The maximum Gasteiger partial charge on any atom is 0.166 e. The van der Waals surface area contributed by atoms with Crippen molar-refractivity contribution in [3.63, 3.8) is 0 Å². The van der Waals surface area contributed by atoms with Crippen molar-refractivity contribution in [2.75, 3.05) is 18.0 Å². The summed E-state index contributed by atoms with van der Waals surface area (Å²) in [7, 11) is 0. The number of carbonyl (C=O) groups is 1. The van der Waals surface area contributed by atoms with Gasteiger partial charge in [-0.15, -0.1) is 0 Å². The summed E-state index contributed by atoms with van der Waals surface area (Å²) in [6.45, 7) is 3.50. The van der Waals surface area contributed by atoms with Crippen LogP contribution in [0.3, 0.4) is 0 Å². The summed E-state index contributed by atoms with van der Waals surface area (Å²) in [5, 5.41) is 10.3. The molecule has 0 bridgehead atoms. The highest BCUT2D eigenvalue weighted by atomic mass is 35.5. The zero-order valence-corrected chi connectivity index (χ0v) is 14.3. The van der Waals surface area contributed by atoms with Crippen molar-refractivity contribution in [1.29, 1.82) is 5.26 Å². The Morgan fingerprint density at radius 2 is 2.00 bits per heavy atom. The van der Waals surface area contributed by atoms with Crippen molar-refractivity contribution in [3.05, 3.63) is 46.1 Å². The Balaban J connectivity index is 1.67. The molecule has 4 nitrogen and oxygen atoms in total. The smallest absolute Gasteiger partial charge is 0.166 e. The minimum Gasteiger partial charge on any atom is -0.361 e. The number of rotatable bonds is 3. The molecule has 0 amide bonds. The number of piperidine rings is 1. The fraction of sp³-hybridized carbons (Fsp3) is 0.353. The number of hydrogen-bond donors (Lipinski definition) is 0. The van der Waals surface area contributed by atoms with E-state index in [0.717, 1.165) is 42.1 Å². The molecule has 118 valence electrons. The molecule has 2 heterocycles. The number of benzene rings is 1. The molecule has 6 heteroatoms. The number of aryl methyl sites for hydroxylation is 1. The largest absolute Gasteiger partial charge is 0.361 e. The van der Waals surface area contributed by atoms with Gasteiger partial charge in [0.2, 0.25) is 0 Å². The predicted octanol–water partition coefficient (Wildman–Crippen LogP) is 4.08. The Labute approximate surface area is 144 Å². The molecule has 0 aliphatic carbocycles. The second-order valence-electron chi connectivity index (χ2n) is 5.76. The molecule has 1 aliphatic heterocycles. The van der Waals surface area contributed by atoms with E-state index in [2.05, 4.69) is 15.3 Å². The van der Waals surface area contributed by atoms with Crippen LogP contribution in [-0.4, -0.2) is 23.2 Å². The Morgan fingerprint density at radius 3 is 2.61 bits per heavy atom. The number of nitrogens with zero attached hydrogens (tertiary/aromatic N) is 3. The maximum absolute atomic E-state index is 12.6. The average molecular weight is 346 g/mol. The summed E-state index contributed by atoms with van der Waals surface area (Å²) in [4.78, 5) is 14.7. The van der Waals surface area contributed by atoms with Gasteiger partial charge in [-0.1, -0.05) is 41.4 Å². The van der Waals surface area contributed by atoms with E-state index in [1.54, 1.807) is 0 Å². The van der Waals surface area contributed by atoms with E-state index < -0.39 is 0 Å². The van der Waals surface area contributed by atoms with E-state index in [1.165, 1.54) is 11.5 Å². The molecule has 0 atom stereocenters. The monoisotopic (exact) mass is 345 g/mol. The van der Waals surface area contributed by atoms with Gasteiger partial charge < -0.3 is 4.90 Å². The van der Waals surface area contributed by atoms with Gasteiger partial charge in [0, 0.05) is 24.6 Å². The number of aromatic nitrogens is 1. The number of anilines is 1. The molecular weight excluding hydrogens is 330 g/mol. The van der Waals surface area contributed by atoms with Crippen LogP contribution in [0.1, 0.15) is 34.3 Å². The van der Waals surface area contributed by atoms with E-state index in [-0.39, 0.29) is 16.9 Å². The Morgan fingerprint density at radius 1 is 1.35 bits per heavy atom. The van der Waals surface area contributed by atoms with E-state index in [0.29, 0.717) is 5.56 Å². The van der Waals surface area contributed by atoms with E-state index in [9.17, 15) is 10.1 Å². The first kappa shape index (κ1) is 16.0. The SMILES string of the molecule is Cc1ccc(C(=O)C2CCN(c3snc(Cl)c3C#N)CC2)cc1.